The number of amides is 1. The first-order valence-electron chi connectivity index (χ1n) is 8.19. The largest absolute Gasteiger partial charge is 0.481 e. The molecule has 132 valence electrons. The molecule has 1 amide bonds. The van der Waals surface area contributed by atoms with Crippen LogP contribution in [0.15, 0.2) is 42.7 Å². The number of aromatic nitrogens is 2. The van der Waals surface area contributed by atoms with Gasteiger partial charge >= 0.3 is 0 Å². The number of hydrogen-bond acceptors (Lipinski definition) is 6. The summed E-state index contributed by atoms with van der Waals surface area (Å²) in [4.78, 5) is 22.5. The lowest BCUT2D eigenvalue weighted by atomic mass is 10.3. The molecular formula is C18H21N3O4. The van der Waals surface area contributed by atoms with Crippen LogP contribution >= 0.6 is 0 Å². The zero-order chi connectivity index (χ0) is 17.6. The number of carbonyl (C=O) groups is 1. The molecule has 0 radical (unpaired) electrons. The summed E-state index contributed by atoms with van der Waals surface area (Å²) in [5.74, 6) is 1.31. The molecule has 7 nitrogen and oxygen atoms in total. The number of hydrogen-bond donors (Lipinski definition) is 0. The van der Waals surface area contributed by atoms with E-state index >= 15 is 0 Å². The minimum Gasteiger partial charge on any atom is -0.481 e. The predicted octanol–water partition coefficient (Wildman–Crippen LogP) is 1.93. The predicted molar refractivity (Wildman–Crippen MR) is 90.7 cm³/mol. The van der Waals surface area contributed by atoms with Gasteiger partial charge in [-0.25, -0.2) is 9.97 Å². The fraction of sp³-hybridized carbons (Fsp3) is 0.389. The number of para-hydroxylation sites is 1. The van der Waals surface area contributed by atoms with Crippen molar-refractivity contribution in [1.29, 1.82) is 0 Å². The van der Waals surface area contributed by atoms with Crippen LogP contribution in [0.25, 0.3) is 0 Å². The third-order valence-corrected chi connectivity index (χ3v) is 3.97. The number of carbonyl (C=O) groups excluding carboxylic acids is 1. The van der Waals surface area contributed by atoms with Gasteiger partial charge in [0, 0.05) is 25.4 Å². The van der Waals surface area contributed by atoms with Crippen molar-refractivity contribution in [2.75, 3.05) is 20.2 Å². The molecule has 1 aliphatic rings. The number of rotatable bonds is 6. The van der Waals surface area contributed by atoms with Gasteiger partial charge in [-0.3, -0.25) is 4.79 Å². The van der Waals surface area contributed by atoms with E-state index in [0.29, 0.717) is 30.6 Å². The Balaban J connectivity index is 1.56. The van der Waals surface area contributed by atoms with Crippen LogP contribution in [0, 0.1) is 0 Å². The summed E-state index contributed by atoms with van der Waals surface area (Å²) in [5.41, 5.74) is 0. The van der Waals surface area contributed by atoms with E-state index in [1.165, 1.54) is 7.11 Å². The van der Waals surface area contributed by atoms with Gasteiger partial charge in [0.05, 0.1) is 13.7 Å². The summed E-state index contributed by atoms with van der Waals surface area (Å²) in [5, 5.41) is 0. The zero-order valence-electron chi connectivity index (χ0n) is 14.3. The molecule has 0 spiro atoms. The average Bonchev–Trinajstić information content (AvgIpc) is 3.11. The maximum atomic E-state index is 12.6. The maximum Gasteiger partial charge on any atom is 0.278 e. The van der Waals surface area contributed by atoms with E-state index in [9.17, 15) is 4.79 Å². The van der Waals surface area contributed by atoms with E-state index in [4.69, 9.17) is 14.2 Å². The molecule has 0 saturated carbocycles. The van der Waals surface area contributed by atoms with Crippen LogP contribution in [-0.2, 0) is 4.79 Å². The molecule has 25 heavy (non-hydrogen) atoms. The zero-order valence-corrected chi connectivity index (χ0v) is 14.3. The van der Waals surface area contributed by atoms with Crippen LogP contribution in [0.4, 0.5) is 0 Å². The van der Waals surface area contributed by atoms with E-state index in [1.54, 1.807) is 24.2 Å². The molecule has 0 aliphatic carbocycles. The second-order valence-electron chi connectivity index (χ2n) is 5.76. The SMILES string of the molecule is COc1nccnc1O[C@H]1CCN(C(=O)[C@H](C)Oc2ccccc2)C1. The second kappa shape index (κ2) is 7.83. The molecule has 0 unspecified atom stereocenters. The standard InChI is InChI=1S/C18H21N3O4/c1-13(24-14-6-4-3-5-7-14)18(22)21-11-8-15(12-21)25-17-16(23-2)19-9-10-20-17/h3-7,9-10,13,15H,8,11-12H2,1-2H3/t13-,15-/m0/s1. The lowest BCUT2D eigenvalue weighted by Gasteiger charge is -2.22. The summed E-state index contributed by atoms with van der Waals surface area (Å²) >= 11 is 0. The van der Waals surface area contributed by atoms with Crippen molar-refractivity contribution in [3.8, 4) is 17.5 Å². The van der Waals surface area contributed by atoms with Gasteiger partial charge in [-0.05, 0) is 19.1 Å². The molecule has 1 aliphatic heterocycles. The van der Waals surface area contributed by atoms with Crippen molar-refractivity contribution >= 4 is 5.91 Å². The van der Waals surface area contributed by atoms with Gasteiger partial charge in [-0.2, -0.15) is 0 Å². The van der Waals surface area contributed by atoms with E-state index in [-0.39, 0.29) is 12.0 Å². The van der Waals surface area contributed by atoms with Crippen molar-refractivity contribution in [3.63, 3.8) is 0 Å². The number of nitrogens with zero attached hydrogens (tertiary/aromatic N) is 3. The van der Waals surface area contributed by atoms with E-state index in [2.05, 4.69) is 9.97 Å². The Kier molecular flexibility index (Phi) is 5.33. The highest BCUT2D eigenvalue weighted by Gasteiger charge is 2.31. The van der Waals surface area contributed by atoms with Gasteiger partial charge in [0.2, 0.25) is 0 Å². The number of methoxy groups -OCH3 is 1. The second-order valence-corrected chi connectivity index (χ2v) is 5.76. The van der Waals surface area contributed by atoms with Crippen LogP contribution in [0.3, 0.4) is 0 Å². The first-order chi connectivity index (χ1) is 12.2. The number of benzene rings is 1. The first kappa shape index (κ1) is 17.0. The van der Waals surface area contributed by atoms with Crippen LogP contribution in [0.1, 0.15) is 13.3 Å². The molecule has 1 fully saturated rings. The Hall–Kier alpha value is -2.83. The highest BCUT2D eigenvalue weighted by Crippen LogP contribution is 2.24. The molecule has 2 heterocycles. The lowest BCUT2D eigenvalue weighted by molar-refractivity contribution is -0.137. The van der Waals surface area contributed by atoms with E-state index in [1.807, 2.05) is 30.3 Å². The van der Waals surface area contributed by atoms with E-state index in [0.717, 1.165) is 6.42 Å². The molecule has 0 bridgehead atoms. The number of likely N-dealkylation sites (tertiary alicyclic amines) is 1. The molecule has 2 aromatic rings. The minimum absolute atomic E-state index is 0.0546. The molecule has 3 rings (SSSR count). The molecule has 2 atom stereocenters. The first-order valence-corrected chi connectivity index (χ1v) is 8.19. The summed E-state index contributed by atoms with van der Waals surface area (Å²) in [6.07, 6.45) is 3.12. The summed E-state index contributed by atoms with van der Waals surface area (Å²) in [6, 6.07) is 9.32. The highest BCUT2D eigenvalue weighted by atomic mass is 16.5. The topological polar surface area (TPSA) is 73.8 Å². The molecule has 1 aromatic carbocycles. The Labute approximate surface area is 146 Å². The van der Waals surface area contributed by atoms with E-state index < -0.39 is 6.10 Å². The molecule has 1 saturated heterocycles. The third-order valence-electron chi connectivity index (χ3n) is 3.97. The maximum absolute atomic E-state index is 12.6. The van der Waals surface area contributed by atoms with Crippen molar-refractivity contribution in [2.45, 2.75) is 25.6 Å². The summed E-state index contributed by atoms with van der Waals surface area (Å²) < 4.78 is 16.7. The van der Waals surface area contributed by atoms with Crippen molar-refractivity contribution < 1.29 is 19.0 Å². The quantitative estimate of drug-likeness (QED) is 0.798. The van der Waals surface area contributed by atoms with Crippen molar-refractivity contribution in [1.82, 2.24) is 14.9 Å². The van der Waals surface area contributed by atoms with Gasteiger partial charge in [0.25, 0.3) is 17.7 Å². The molecule has 1 aromatic heterocycles. The average molecular weight is 343 g/mol. The fourth-order valence-corrected chi connectivity index (χ4v) is 2.73. The summed E-state index contributed by atoms with van der Waals surface area (Å²) in [6.45, 7) is 2.87. The minimum atomic E-state index is -0.549. The van der Waals surface area contributed by atoms with Crippen LogP contribution in [0.2, 0.25) is 0 Å². The highest BCUT2D eigenvalue weighted by molar-refractivity contribution is 5.81. The van der Waals surface area contributed by atoms with Crippen LogP contribution in [-0.4, -0.2) is 53.2 Å². The van der Waals surface area contributed by atoms with Gasteiger partial charge in [-0.15, -0.1) is 0 Å². The Morgan fingerprint density at radius 2 is 1.92 bits per heavy atom. The molecule has 7 heteroatoms. The molecule has 0 N–H and O–H groups in total. The normalized spacial score (nSPS) is 17.8. The smallest absolute Gasteiger partial charge is 0.278 e. The monoisotopic (exact) mass is 343 g/mol. The Morgan fingerprint density at radius 1 is 1.20 bits per heavy atom. The fourth-order valence-electron chi connectivity index (χ4n) is 2.73. The van der Waals surface area contributed by atoms with Gasteiger partial charge in [0.1, 0.15) is 11.9 Å². The van der Waals surface area contributed by atoms with Gasteiger partial charge < -0.3 is 19.1 Å². The van der Waals surface area contributed by atoms with Crippen molar-refractivity contribution in [3.05, 3.63) is 42.7 Å². The van der Waals surface area contributed by atoms with Gasteiger partial charge in [-0.1, -0.05) is 18.2 Å². The lowest BCUT2D eigenvalue weighted by Crippen LogP contribution is -2.40. The molecular weight excluding hydrogens is 322 g/mol. The third kappa shape index (κ3) is 4.17. The van der Waals surface area contributed by atoms with Crippen LogP contribution < -0.4 is 14.2 Å². The Bertz CT molecular complexity index is 710. The van der Waals surface area contributed by atoms with Crippen molar-refractivity contribution in [2.24, 2.45) is 0 Å². The number of ether oxygens (including phenoxy) is 3. The Morgan fingerprint density at radius 3 is 2.64 bits per heavy atom. The van der Waals surface area contributed by atoms with Crippen LogP contribution in [0.5, 0.6) is 17.5 Å². The summed E-state index contributed by atoms with van der Waals surface area (Å²) in [7, 11) is 1.52. The van der Waals surface area contributed by atoms with Gasteiger partial charge in [0.15, 0.2) is 6.10 Å².